The Morgan fingerprint density at radius 1 is 1.27 bits per heavy atom. The van der Waals surface area contributed by atoms with Gasteiger partial charge in [-0.25, -0.2) is 4.98 Å². The number of pyridine rings is 1. The Morgan fingerprint density at radius 2 is 2.03 bits per heavy atom. The third kappa shape index (κ3) is 5.25. The third-order valence-electron chi connectivity index (χ3n) is 5.37. The van der Waals surface area contributed by atoms with Gasteiger partial charge in [0.05, 0.1) is 11.1 Å². The van der Waals surface area contributed by atoms with Crippen molar-refractivity contribution in [1.82, 2.24) is 20.2 Å². The van der Waals surface area contributed by atoms with Gasteiger partial charge in [0.1, 0.15) is 11.4 Å². The van der Waals surface area contributed by atoms with Gasteiger partial charge in [-0.1, -0.05) is 0 Å². The number of ether oxygens (including phenoxy) is 1. The number of carbonyl (C=O) groups is 1. The molecule has 1 aliphatic heterocycles. The monoisotopic (exact) mass is 460 g/mol. The van der Waals surface area contributed by atoms with Crippen molar-refractivity contribution >= 4 is 22.8 Å². The lowest BCUT2D eigenvalue weighted by atomic mass is 10.1. The highest BCUT2D eigenvalue weighted by Gasteiger charge is 2.34. The predicted octanol–water partition coefficient (Wildman–Crippen LogP) is 3.64. The number of aliphatic imine (C=N–C) groups is 1. The Kier molecular flexibility index (Phi) is 6.23. The van der Waals surface area contributed by atoms with E-state index in [1.54, 1.807) is 12.3 Å². The molecule has 0 bridgehead atoms. The molecule has 11 heteroatoms. The minimum absolute atomic E-state index is 0.0518. The van der Waals surface area contributed by atoms with Crippen molar-refractivity contribution in [3.63, 3.8) is 0 Å². The first kappa shape index (κ1) is 22.6. The number of amides is 1. The molecule has 3 heterocycles. The number of hydrogen-bond donors (Lipinski definition) is 3. The molecule has 1 fully saturated rings. The number of nitrogens with one attached hydrogen (secondary N) is 2. The van der Waals surface area contributed by atoms with E-state index in [1.165, 1.54) is 13.1 Å². The van der Waals surface area contributed by atoms with Crippen LogP contribution in [0.25, 0.3) is 10.9 Å². The summed E-state index contributed by atoms with van der Waals surface area (Å²) in [5.74, 6) is -0.723. The summed E-state index contributed by atoms with van der Waals surface area (Å²) in [5.41, 5.74) is 5.50. The number of halogens is 3. The first-order valence-electron chi connectivity index (χ1n) is 10.4. The number of nitrogens with two attached hydrogens (primary N) is 1. The predicted molar refractivity (Wildman–Crippen MR) is 117 cm³/mol. The van der Waals surface area contributed by atoms with Crippen molar-refractivity contribution in [3.8, 4) is 11.6 Å². The topological polar surface area (TPSA) is 109 Å². The van der Waals surface area contributed by atoms with Crippen LogP contribution in [0, 0.1) is 0 Å². The zero-order chi connectivity index (χ0) is 23.6. The molecule has 0 atom stereocenters. The van der Waals surface area contributed by atoms with Crippen LogP contribution in [0.1, 0.15) is 34.5 Å². The Morgan fingerprint density at radius 3 is 2.73 bits per heavy atom. The minimum Gasteiger partial charge on any atom is -0.439 e. The zero-order valence-corrected chi connectivity index (χ0v) is 17.9. The smallest absolute Gasteiger partial charge is 0.417 e. The van der Waals surface area contributed by atoms with Gasteiger partial charge in [-0.05, 0) is 49.7 Å². The SMILES string of the molecule is CN=C(N)NC(=O)c1cc2c(C(F)(F)F)cc(Oc3cc(CN4CCCC4)ccn3)cc2[nH]1. The van der Waals surface area contributed by atoms with Gasteiger partial charge in [0.25, 0.3) is 5.91 Å². The largest absolute Gasteiger partial charge is 0.439 e. The van der Waals surface area contributed by atoms with Gasteiger partial charge in [-0.3, -0.25) is 20.0 Å². The Hall–Kier alpha value is -3.60. The van der Waals surface area contributed by atoms with Crippen LogP contribution >= 0.6 is 0 Å². The maximum absolute atomic E-state index is 13.8. The first-order chi connectivity index (χ1) is 15.7. The maximum Gasteiger partial charge on any atom is 0.417 e. The number of aromatic nitrogens is 2. The number of hydrogen-bond acceptors (Lipinski definition) is 5. The molecular weight excluding hydrogens is 437 g/mol. The number of rotatable bonds is 5. The first-order valence-corrected chi connectivity index (χ1v) is 10.4. The molecule has 33 heavy (non-hydrogen) atoms. The van der Waals surface area contributed by atoms with Crippen LogP contribution in [0.4, 0.5) is 13.2 Å². The van der Waals surface area contributed by atoms with Gasteiger partial charge < -0.3 is 15.5 Å². The number of H-pyrrole nitrogens is 1. The number of carbonyl (C=O) groups excluding carboxylic acids is 1. The second-order valence-electron chi connectivity index (χ2n) is 7.76. The summed E-state index contributed by atoms with van der Waals surface area (Å²) in [4.78, 5) is 25.0. The van der Waals surface area contributed by atoms with Crippen LogP contribution in [0.15, 0.2) is 41.5 Å². The van der Waals surface area contributed by atoms with E-state index < -0.39 is 17.6 Å². The molecule has 1 saturated heterocycles. The molecule has 0 aliphatic carbocycles. The summed E-state index contributed by atoms with van der Waals surface area (Å²) in [6.45, 7) is 2.76. The highest BCUT2D eigenvalue weighted by atomic mass is 19.4. The fourth-order valence-electron chi connectivity index (χ4n) is 3.79. The maximum atomic E-state index is 13.8. The van der Waals surface area contributed by atoms with E-state index in [0.717, 1.165) is 50.2 Å². The molecule has 4 rings (SSSR count). The molecule has 3 aromatic rings. The average Bonchev–Trinajstić information content (AvgIpc) is 3.42. The van der Waals surface area contributed by atoms with E-state index in [2.05, 4.69) is 25.2 Å². The van der Waals surface area contributed by atoms with Gasteiger partial charge in [-0.2, -0.15) is 13.2 Å². The normalized spacial score (nSPS) is 15.2. The van der Waals surface area contributed by atoms with Crippen LogP contribution < -0.4 is 15.8 Å². The highest BCUT2D eigenvalue weighted by Crippen LogP contribution is 2.39. The van der Waals surface area contributed by atoms with E-state index in [1.807, 2.05) is 6.07 Å². The molecule has 174 valence electrons. The van der Waals surface area contributed by atoms with Crippen molar-refractivity contribution in [1.29, 1.82) is 0 Å². The zero-order valence-electron chi connectivity index (χ0n) is 17.9. The summed E-state index contributed by atoms with van der Waals surface area (Å²) < 4.78 is 47.0. The molecule has 2 aromatic heterocycles. The second-order valence-corrected chi connectivity index (χ2v) is 7.76. The van der Waals surface area contributed by atoms with E-state index in [4.69, 9.17) is 10.5 Å². The number of nitrogens with zero attached hydrogens (tertiary/aromatic N) is 3. The Bertz CT molecular complexity index is 1200. The lowest BCUT2D eigenvalue weighted by Crippen LogP contribution is -2.36. The van der Waals surface area contributed by atoms with Crippen molar-refractivity contribution in [2.75, 3.05) is 20.1 Å². The number of fused-ring (bicyclic) bond motifs is 1. The fraction of sp³-hybridized carbons (Fsp3) is 0.318. The summed E-state index contributed by atoms with van der Waals surface area (Å²) in [6, 6.07) is 6.99. The van der Waals surface area contributed by atoms with Crippen LogP contribution in [0.2, 0.25) is 0 Å². The molecule has 0 radical (unpaired) electrons. The molecule has 1 aromatic carbocycles. The van der Waals surface area contributed by atoms with Gasteiger partial charge in [0.2, 0.25) is 5.88 Å². The summed E-state index contributed by atoms with van der Waals surface area (Å²) in [5, 5.41) is 2.12. The van der Waals surface area contributed by atoms with Crippen molar-refractivity contribution in [2.24, 2.45) is 10.7 Å². The summed E-state index contributed by atoms with van der Waals surface area (Å²) >= 11 is 0. The van der Waals surface area contributed by atoms with Gasteiger partial charge in [-0.15, -0.1) is 0 Å². The molecular formula is C22H23F3N6O2. The number of guanidine groups is 1. The quantitative estimate of drug-likeness (QED) is 0.398. The molecule has 0 saturated carbocycles. The van der Waals surface area contributed by atoms with Crippen LogP contribution in [0.3, 0.4) is 0 Å². The van der Waals surface area contributed by atoms with E-state index >= 15 is 0 Å². The fourth-order valence-corrected chi connectivity index (χ4v) is 3.79. The highest BCUT2D eigenvalue weighted by molar-refractivity contribution is 6.07. The molecule has 8 nitrogen and oxygen atoms in total. The Labute approximate surface area is 187 Å². The molecule has 4 N–H and O–H groups in total. The number of aromatic amines is 1. The van der Waals surface area contributed by atoms with Crippen LogP contribution in [-0.4, -0.2) is 46.9 Å². The Balaban J connectivity index is 1.64. The summed E-state index contributed by atoms with van der Waals surface area (Å²) in [7, 11) is 1.38. The average molecular weight is 460 g/mol. The lowest BCUT2D eigenvalue weighted by Gasteiger charge is -2.15. The van der Waals surface area contributed by atoms with Crippen molar-refractivity contribution in [2.45, 2.75) is 25.6 Å². The number of likely N-dealkylation sites (tertiary alicyclic amines) is 1. The van der Waals surface area contributed by atoms with E-state index in [-0.39, 0.29) is 34.2 Å². The molecule has 1 amide bonds. The van der Waals surface area contributed by atoms with Crippen LogP contribution in [0.5, 0.6) is 11.6 Å². The van der Waals surface area contributed by atoms with Gasteiger partial charge >= 0.3 is 6.18 Å². The second kappa shape index (κ2) is 9.10. The minimum atomic E-state index is -4.66. The third-order valence-corrected chi connectivity index (χ3v) is 5.37. The number of alkyl halides is 3. The molecule has 1 aliphatic rings. The van der Waals surface area contributed by atoms with E-state index in [0.29, 0.717) is 0 Å². The van der Waals surface area contributed by atoms with Crippen molar-refractivity contribution in [3.05, 3.63) is 53.3 Å². The van der Waals surface area contributed by atoms with Crippen LogP contribution in [-0.2, 0) is 12.7 Å². The lowest BCUT2D eigenvalue weighted by molar-refractivity contribution is -0.136. The number of benzene rings is 1. The van der Waals surface area contributed by atoms with Gasteiger partial charge in [0.15, 0.2) is 5.96 Å². The molecule has 0 unspecified atom stereocenters. The molecule has 0 spiro atoms. The van der Waals surface area contributed by atoms with Crippen molar-refractivity contribution < 1.29 is 22.7 Å². The standard InChI is InChI=1S/C22H23F3N6O2/c1-27-21(26)30-20(32)18-11-15-16(22(23,24)25)9-14(10-17(15)29-18)33-19-8-13(4-5-28-19)12-31-6-2-3-7-31/h4-5,8-11,29H,2-3,6-7,12H2,1H3,(H3,26,27,30,32). The van der Waals surface area contributed by atoms with E-state index in [9.17, 15) is 18.0 Å². The summed E-state index contributed by atoms with van der Waals surface area (Å²) in [6.07, 6.45) is -0.783. The van der Waals surface area contributed by atoms with Gasteiger partial charge in [0, 0.05) is 37.3 Å².